The molecule has 2 aromatic carbocycles. The van der Waals surface area contributed by atoms with Crippen molar-refractivity contribution in [3.05, 3.63) is 62.1 Å². The number of halogens is 1. The third kappa shape index (κ3) is 2.99. The molecule has 24 heavy (non-hydrogen) atoms. The monoisotopic (exact) mass is 390 g/mol. The standard InChI is InChI=1S/C17H15BrN2O4/c1-24-16-7-5-12(18)9-14(16)17(21)19-8-2-3-11-4-6-13(20(22)23)10-15(11)19/h4-7,9-10H,2-3,8H2,1H3. The lowest BCUT2D eigenvalue weighted by Crippen LogP contribution is -2.35. The number of benzene rings is 2. The van der Waals surface area contributed by atoms with E-state index in [9.17, 15) is 14.9 Å². The van der Waals surface area contributed by atoms with Crippen molar-refractivity contribution in [2.75, 3.05) is 18.6 Å². The number of nitro groups is 1. The second-order valence-electron chi connectivity index (χ2n) is 5.48. The van der Waals surface area contributed by atoms with Crippen molar-refractivity contribution in [2.24, 2.45) is 0 Å². The van der Waals surface area contributed by atoms with Crippen molar-refractivity contribution < 1.29 is 14.5 Å². The molecule has 0 saturated carbocycles. The SMILES string of the molecule is COc1ccc(Br)cc1C(=O)N1CCCc2ccc([N+](=O)[O-])cc21. The quantitative estimate of drug-likeness (QED) is 0.587. The maximum absolute atomic E-state index is 13.0. The zero-order valence-corrected chi connectivity index (χ0v) is 14.6. The lowest BCUT2D eigenvalue weighted by atomic mass is 10.00. The highest BCUT2D eigenvalue weighted by Crippen LogP contribution is 2.33. The normalized spacial score (nSPS) is 13.3. The molecule has 0 spiro atoms. The van der Waals surface area contributed by atoms with Crippen molar-refractivity contribution >= 4 is 33.2 Å². The van der Waals surface area contributed by atoms with Crippen molar-refractivity contribution in [2.45, 2.75) is 12.8 Å². The Balaban J connectivity index is 2.06. The first-order valence-corrected chi connectivity index (χ1v) is 8.23. The van der Waals surface area contributed by atoms with E-state index < -0.39 is 4.92 Å². The van der Waals surface area contributed by atoms with Gasteiger partial charge >= 0.3 is 0 Å². The Bertz CT molecular complexity index is 822. The number of hydrogen-bond acceptors (Lipinski definition) is 4. The third-order valence-corrected chi connectivity index (χ3v) is 4.53. The van der Waals surface area contributed by atoms with E-state index in [1.807, 2.05) is 0 Å². The summed E-state index contributed by atoms with van der Waals surface area (Å²) >= 11 is 3.36. The summed E-state index contributed by atoms with van der Waals surface area (Å²) in [6.45, 7) is 0.517. The molecule has 1 aliphatic rings. The second-order valence-corrected chi connectivity index (χ2v) is 6.39. The van der Waals surface area contributed by atoms with Crippen molar-refractivity contribution in [3.63, 3.8) is 0 Å². The number of aryl methyl sites for hydroxylation is 1. The Hall–Kier alpha value is -2.41. The molecular formula is C17H15BrN2O4. The average molecular weight is 391 g/mol. The van der Waals surface area contributed by atoms with E-state index in [2.05, 4.69) is 15.9 Å². The minimum absolute atomic E-state index is 0.0188. The summed E-state index contributed by atoms with van der Waals surface area (Å²) < 4.78 is 6.05. The van der Waals surface area contributed by atoms with Gasteiger partial charge < -0.3 is 9.64 Å². The number of hydrogen-bond donors (Lipinski definition) is 0. The van der Waals surface area contributed by atoms with Crippen LogP contribution in [0.5, 0.6) is 5.75 Å². The number of anilines is 1. The van der Waals surface area contributed by atoms with Gasteiger partial charge in [0, 0.05) is 23.2 Å². The second kappa shape index (κ2) is 6.60. The predicted octanol–water partition coefficient (Wildman–Crippen LogP) is 3.96. The van der Waals surface area contributed by atoms with Crippen LogP contribution in [-0.2, 0) is 6.42 Å². The van der Waals surface area contributed by atoms with Gasteiger partial charge in [-0.25, -0.2) is 0 Å². The van der Waals surface area contributed by atoms with Crippen LogP contribution in [0.3, 0.4) is 0 Å². The molecule has 0 aromatic heterocycles. The van der Waals surface area contributed by atoms with Crippen LogP contribution in [0, 0.1) is 10.1 Å². The Morgan fingerprint density at radius 2 is 2.08 bits per heavy atom. The topological polar surface area (TPSA) is 72.7 Å². The summed E-state index contributed by atoms with van der Waals surface area (Å²) in [6.07, 6.45) is 1.61. The number of rotatable bonds is 3. The van der Waals surface area contributed by atoms with Crippen LogP contribution in [0.2, 0.25) is 0 Å². The Morgan fingerprint density at radius 1 is 1.29 bits per heavy atom. The number of ether oxygens (including phenoxy) is 1. The number of non-ortho nitro benzene ring substituents is 1. The van der Waals surface area contributed by atoms with Crippen molar-refractivity contribution in [3.8, 4) is 5.75 Å². The lowest BCUT2D eigenvalue weighted by molar-refractivity contribution is -0.384. The molecule has 0 saturated heterocycles. The summed E-state index contributed by atoms with van der Waals surface area (Å²) in [5.41, 5.74) is 1.94. The van der Waals surface area contributed by atoms with E-state index in [0.29, 0.717) is 23.5 Å². The van der Waals surface area contributed by atoms with Crippen molar-refractivity contribution in [1.29, 1.82) is 0 Å². The zero-order valence-electron chi connectivity index (χ0n) is 13.0. The fourth-order valence-electron chi connectivity index (χ4n) is 2.88. The minimum atomic E-state index is -0.447. The van der Waals surface area contributed by atoms with Gasteiger partial charge in [0.15, 0.2) is 0 Å². The molecule has 1 heterocycles. The molecule has 124 valence electrons. The van der Waals surface area contributed by atoms with E-state index in [1.165, 1.54) is 19.2 Å². The van der Waals surface area contributed by atoms with Crippen LogP contribution in [0.1, 0.15) is 22.3 Å². The fraction of sp³-hybridized carbons (Fsp3) is 0.235. The molecule has 3 rings (SSSR count). The third-order valence-electron chi connectivity index (χ3n) is 4.04. The van der Waals surface area contributed by atoms with Crippen molar-refractivity contribution in [1.82, 2.24) is 0 Å². The van der Waals surface area contributed by atoms with Crippen LogP contribution in [-0.4, -0.2) is 24.5 Å². The molecule has 6 nitrogen and oxygen atoms in total. The molecule has 0 radical (unpaired) electrons. The van der Waals surface area contributed by atoms with Gasteiger partial charge in [-0.15, -0.1) is 0 Å². The molecule has 7 heteroatoms. The molecule has 1 amide bonds. The summed E-state index contributed by atoms with van der Waals surface area (Å²) in [7, 11) is 1.51. The van der Waals surface area contributed by atoms with Gasteiger partial charge in [0.1, 0.15) is 5.75 Å². The van der Waals surface area contributed by atoms with Gasteiger partial charge in [-0.1, -0.05) is 22.0 Å². The maximum atomic E-state index is 13.0. The average Bonchev–Trinajstić information content (AvgIpc) is 2.60. The van der Waals surface area contributed by atoms with Crippen LogP contribution < -0.4 is 9.64 Å². The first-order valence-electron chi connectivity index (χ1n) is 7.44. The smallest absolute Gasteiger partial charge is 0.271 e. The number of fused-ring (bicyclic) bond motifs is 1. The molecule has 2 aromatic rings. The molecule has 0 bridgehead atoms. The van der Waals surface area contributed by atoms with Gasteiger partial charge in [-0.2, -0.15) is 0 Å². The molecule has 0 fully saturated rings. The Labute approximate surface area is 147 Å². The van der Waals surface area contributed by atoms with Gasteiger partial charge in [0.25, 0.3) is 11.6 Å². The van der Waals surface area contributed by atoms with Gasteiger partial charge in [0.2, 0.25) is 0 Å². The van der Waals surface area contributed by atoms with Crippen LogP contribution in [0.25, 0.3) is 0 Å². The Kier molecular flexibility index (Phi) is 4.53. The highest BCUT2D eigenvalue weighted by molar-refractivity contribution is 9.10. The minimum Gasteiger partial charge on any atom is -0.496 e. The van der Waals surface area contributed by atoms with E-state index >= 15 is 0 Å². The zero-order chi connectivity index (χ0) is 17.3. The van der Waals surface area contributed by atoms with Crippen LogP contribution >= 0.6 is 15.9 Å². The predicted molar refractivity (Wildman–Crippen MR) is 93.8 cm³/mol. The maximum Gasteiger partial charge on any atom is 0.271 e. The summed E-state index contributed by atoms with van der Waals surface area (Å²) in [5, 5.41) is 11.1. The van der Waals surface area contributed by atoms with Gasteiger partial charge in [-0.3, -0.25) is 14.9 Å². The van der Waals surface area contributed by atoms with E-state index in [1.54, 1.807) is 29.2 Å². The Morgan fingerprint density at radius 3 is 2.79 bits per heavy atom. The van der Waals surface area contributed by atoms with E-state index in [-0.39, 0.29) is 11.6 Å². The highest BCUT2D eigenvalue weighted by atomic mass is 79.9. The highest BCUT2D eigenvalue weighted by Gasteiger charge is 2.27. The molecular weight excluding hydrogens is 376 g/mol. The summed E-state index contributed by atoms with van der Waals surface area (Å²) in [5.74, 6) is 0.246. The summed E-state index contributed by atoms with van der Waals surface area (Å²) in [4.78, 5) is 25.2. The number of carbonyl (C=O) groups excluding carboxylic acids is 1. The van der Waals surface area contributed by atoms with Crippen LogP contribution in [0.15, 0.2) is 40.9 Å². The summed E-state index contributed by atoms with van der Waals surface area (Å²) in [6, 6.07) is 9.89. The number of amides is 1. The van der Waals surface area contributed by atoms with Gasteiger partial charge in [-0.05, 0) is 36.6 Å². The number of carbonyl (C=O) groups is 1. The number of nitro benzene ring substituents is 1. The first kappa shape index (κ1) is 16.4. The molecule has 0 unspecified atom stereocenters. The molecule has 1 aliphatic heterocycles. The lowest BCUT2D eigenvalue weighted by Gasteiger charge is -2.29. The number of nitrogens with zero attached hydrogens (tertiary/aromatic N) is 2. The first-order chi connectivity index (χ1) is 11.5. The van der Waals surface area contributed by atoms with Gasteiger partial charge in [0.05, 0.1) is 23.3 Å². The molecule has 0 aliphatic carbocycles. The van der Waals surface area contributed by atoms with E-state index in [4.69, 9.17) is 4.74 Å². The van der Waals surface area contributed by atoms with E-state index in [0.717, 1.165) is 22.9 Å². The fourth-order valence-corrected chi connectivity index (χ4v) is 3.24. The largest absolute Gasteiger partial charge is 0.496 e. The van der Waals surface area contributed by atoms with Crippen LogP contribution in [0.4, 0.5) is 11.4 Å². The molecule has 0 N–H and O–H groups in total. The molecule has 0 atom stereocenters. The number of methoxy groups -OCH3 is 1.